The van der Waals surface area contributed by atoms with E-state index in [0.29, 0.717) is 23.9 Å². The van der Waals surface area contributed by atoms with Crippen LogP contribution in [0.15, 0.2) is 72.9 Å². The summed E-state index contributed by atoms with van der Waals surface area (Å²) in [5.74, 6) is -0.188. The molecule has 1 amide bonds. The van der Waals surface area contributed by atoms with Crippen molar-refractivity contribution >= 4 is 13.7 Å². The lowest BCUT2D eigenvalue weighted by Gasteiger charge is -2.30. The molecule has 0 aliphatic heterocycles. The number of hydrogen-bond acceptors (Lipinski definition) is 6. The molecule has 3 unspecified atom stereocenters. The number of hydrogen-bond donors (Lipinski definition) is 2. The molecule has 0 aliphatic carbocycles. The van der Waals surface area contributed by atoms with Crippen LogP contribution in [0.5, 0.6) is 0 Å². The molecule has 9 heteroatoms. The fraction of sp³-hybridized carbons (Fsp3) is 0.803. The number of phosphoric acid groups is 1. The molecule has 3 atom stereocenters. The molecule has 75 heavy (non-hydrogen) atoms. The van der Waals surface area contributed by atoms with Crippen LogP contribution in [0.2, 0.25) is 0 Å². The summed E-state index contributed by atoms with van der Waals surface area (Å²) in [5, 5.41) is 14.0. The molecule has 0 aromatic rings. The largest absolute Gasteiger partial charge is 0.756 e. The average Bonchev–Trinajstić information content (AvgIpc) is 3.37. The number of nitrogens with zero attached hydrogens (tertiary/aromatic N) is 1. The number of amides is 1. The van der Waals surface area contributed by atoms with Gasteiger partial charge in [-0.15, -0.1) is 0 Å². The first-order valence-electron chi connectivity index (χ1n) is 31.8. The number of carbonyl (C=O) groups is 1. The second kappa shape index (κ2) is 56.7. The van der Waals surface area contributed by atoms with Crippen molar-refractivity contribution in [2.75, 3.05) is 40.9 Å². The topological polar surface area (TPSA) is 108 Å². The standard InChI is InChI=1S/C66H123N2O6P/c1-6-8-10-12-14-16-18-20-22-24-26-28-30-31-32-33-34-35-36-38-39-41-43-45-47-49-51-53-55-57-59-65(69)64(63-74-75(71,72)73-62-61-68(3,4)5)67-66(70)60-58-56-54-52-50-48-46-44-42-40-37-29-27-25-23-21-19-17-15-13-11-9-7-2/h9,11,15,17,21,23,27,29,40,42,46,48,64-65,69H,6-8,10,12-14,16,18-20,22,24-26,28,30-39,41,43-45,47,49-63H2,1-5H3,(H-,67,70,71,72)/b11-9-,17-15-,23-21-,29-27-,42-40-,48-46-. The fourth-order valence-corrected chi connectivity index (χ4v) is 10.0. The van der Waals surface area contributed by atoms with E-state index in [0.717, 1.165) is 89.9 Å². The average molecular weight is 1070 g/mol. The van der Waals surface area contributed by atoms with Crippen molar-refractivity contribution in [1.29, 1.82) is 0 Å². The van der Waals surface area contributed by atoms with Crippen molar-refractivity contribution in [3.05, 3.63) is 72.9 Å². The van der Waals surface area contributed by atoms with Gasteiger partial charge in [-0.25, -0.2) is 0 Å². The summed E-state index contributed by atoms with van der Waals surface area (Å²) in [6.45, 7) is 4.61. The lowest BCUT2D eigenvalue weighted by molar-refractivity contribution is -0.870. The van der Waals surface area contributed by atoms with Crippen molar-refractivity contribution in [3.8, 4) is 0 Å². The molecule has 0 bridgehead atoms. The maximum absolute atomic E-state index is 13.0. The van der Waals surface area contributed by atoms with Gasteiger partial charge in [0.25, 0.3) is 7.82 Å². The molecule has 8 nitrogen and oxygen atoms in total. The van der Waals surface area contributed by atoms with Crippen LogP contribution in [0.25, 0.3) is 0 Å². The lowest BCUT2D eigenvalue weighted by atomic mass is 10.0. The highest BCUT2D eigenvalue weighted by molar-refractivity contribution is 7.45. The van der Waals surface area contributed by atoms with Crippen molar-refractivity contribution in [2.24, 2.45) is 0 Å². The van der Waals surface area contributed by atoms with Gasteiger partial charge in [-0.3, -0.25) is 9.36 Å². The number of phosphoric ester groups is 1. The molecule has 0 fully saturated rings. The minimum atomic E-state index is -4.59. The van der Waals surface area contributed by atoms with Gasteiger partial charge in [-0.05, 0) is 64.2 Å². The van der Waals surface area contributed by atoms with Gasteiger partial charge in [0, 0.05) is 6.42 Å². The molecule has 0 aliphatic rings. The normalized spacial score (nSPS) is 14.3. The van der Waals surface area contributed by atoms with E-state index >= 15 is 0 Å². The zero-order valence-electron chi connectivity index (χ0n) is 50.0. The highest BCUT2D eigenvalue weighted by Gasteiger charge is 2.24. The maximum Gasteiger partial charge on any atom is 0.268 e. The predicted octanol–water partition coefficient (Wildman–Crippen LogP) is 19.2. The van der Waals surface area contributed by atoms with Crippen molar-refractivity contribution in [1.82, 2.24) is 5.32 Å². The molecule has 0 saturated carbocycles. The van der Waals surface area contributed by atoms with E-state index in [1.165, 1.54) is 173 Å². The molecular formula is C66H123N2O6P. The Hall–Kier alpha value is -2.06. The number of carbonyl (C=O) groups excluding carboxylic acids is 1. The van der Waals surface area contributed by atoms with E-state index in [1.54, 1.807) is 0 Å². The zero-order chi connectivity index (χ0) is 54.9. The van der Waals surface area contributed by atoms with Gasteiger partial charge in [-0.2, -0.15) is 0 Å². The highest BCUT2D eigenvalue weighted by atomic mass is 31.2. The highest BCUT2D eigenvalue weighted by Crippen LogP contribution is 2.38. The van der Waals surface area contributed by atoms with Gasteiger partial charge in [0.2, 0.25) is 5.91 Å². The van der Waals surface area contributed by atoms with Gasteiger partial charge in [0.15, 0.2) is 0 Å². The van der Waals surface area contributed by atoms with Crippen LogP contribution in [-0.4, -0.2) is 68.5 Å². The Morgan fingerprint density at radius 3 is 1.19 bits per heavy atom. The monoisotopic (exact) mass is 1070 g/mol. The van der Waals surface area contributed by atoms with Gasteiger partial charge < -0.3 is 28.8 Å². The SMILES string of the molecule is CC/C=C\C/C=C\C/C=C\C/C=C\C/C=C\C/C=C\CCCCCCC(=O)NC(COP(=O)([O-])OCC[N+](C)(C)C)C(O)CCCCCCCCCCCCCCCCCCCCCCCCCCCCCCCC. The number of rotatable bonds is 58. The van der Waals surface area contributed by atoms with Crippen molar-refractivity contribution in [3.63, 3.8) is 0 Å². The van der Waals surface area contributed by atoms with Gasteiger partial charge >= 0.3 is 0 Å². The first-order chi connectivity index (χ1) is 36.5. The van der Waals surface area contributed by atoms with Crippen molar-refractivity contribution in [2.45, 2.75) is 302 Å². The molecule has 0 spiro atoms. The third-order valence-electron chi connectivity index (χ3n) is 14.2. The first-order valence-corrected chi connectivity index (χ1v) is 33.2. The van der Waals surface area contributed by atoms with E-state index in [1.807, 2.05) is 21.1 Å². The van der Waals surface area contributed by atoms with Gasteiger partial charge in [0.05, 0.1) is 39.9 Å². The Balaban J connectivity index is 4.14. The van der Waals surface area contributed by atoms with Crippen LogP contribution in [0.4, 0.5) is 0 Å². The summed E-state index contributed by atoms with van der Waals surface area (Å²) < 4.78 is 23.5. The molecular weight excluding hydrogens is 948 g/mol. The summed E-state index contributed by atoms with van der Waals surface area (Å²) >= 11 is 0. The van der Waals surface area contributed by atoms with Crippen LogP contribution >= 0.6 is 7.82 Å². The smallest absolute Gasteiger partial charge is 0.268 e. The molecule has 0 rings (SSSR count). The molecule has 438 valence electrons. The third-order valence-corrected chi connectivity index (χ3v) is 15.2. The summed E-state index contributed by atoms with van der Waals surface area (Å²) in [4.78, 5) is 25.6. The molecule has 2 N–H and O–H groups in total. The molecule has 0 aromatic heterocycles. The number of aliphatic hydroxyl groups is 1. The Kier molecular flexibility index (Phi) is 55.1. The molecule has 0 saturated heterocycles. The third kappa shape index (κ3) is 59.4. The van der Waals surface area contributed by atoms with Crippen LogP contribution < -0.4 is 10.2 Å². The number of likely N-dealkylation sites (N-methyl/N-ethyl adjacent to an activating group) is 1. The number of unbranched alkanes of at least 4 members (excludes halogenated alkanes) is 33. The molecule has 0 radical (unpaired) electrons. The summed E-state index contributed by atoms with van der Waals surface area (Å²) in [7, 11) is 1.28. The summed E-state index contributed by atoms with van der Waals surface area (Å²) in [5.41, 5.74) is 0. The van der Waals surface area contributed by atoms with Gasteiger partial charge in [-0.1, -0.05) is 292 Å². The van der Waals surface area contributed by atoms with Crippen LogP contribution in [0.1, 0.15) is 290 Å². The first kappa shape index (κ1) is 72.9. The quantitative estimate of drug-likeness (QED) is 0.0272. The molecule has 0 heterocycles. The number of nitrogens with one attached hydrogen (secondary N) is 1. The second-order valence-corrected chi connectivity index (χ2v) is 24.2. The Morgan fingerprint density at radius 1 is 0.480 bits per heavy atom. The fourth-order valence-electron chi connectivity index (χ4n) is 9.28. The Morgan fingerprint density at radius 2 is 0.813 bits per heavy atom. The van der Waals surface area contributed by atoms with E-state index in [-0.39, 0.29) is 19.1 Å². The molecule has 0 aromatic carbocycles. The summed E-state index contributed by atoms with van der Waals surface area (Å²) in [6, 6.07) is -0.821. The minimum absolute atomic E-state index is 0.00359. The van der Waals surface area contributed by atoms with E-state index < -0.39 is 20.0 Å². The van der Waals surface area contributed by atoms with Crippen LogP contribution in [0.3, 0.4) is 0 Å². The number of quaternary nitrogens is 1. The van der Waals surface area contributed by atoms with E-state index in [2.05, 4.69) is 92.1 Å². The van der Waals surface area contributed by atoms with E-state index in [9.17, 15) is 19.4 Å². The summed E-state index contributed by atoms with van der Waals surface area (Å²) in [6.07, 6.45) is 78.2. The number of allylic oxidation sites excluding steroid dienone is 12. The Labute approximate surface area is 465 Å². The van der Waals surface area contributed by atoms with E-state index in [4.69, 9.17) is 9.05 Å². The minimum Gasteiger partial charge on any atom is -0.756 e. The van der Waals surface area contributed by atoms with Crippen molar-refractivity contribution < 1.29 is 32.9 Å². The second-order valence-electron chi connectivity index (χ2n) is 22.7. The number of aliphatic hydroxyl groups excluding tert-OH is 1. The van der Waals surface area contributed by atoms with Crippen LogP contribution in [-0.2, 0) is 18.4 Å². The maximum atomic E-state index is 13.0. The van der Waals surface area contributed by atoms with Gasteiger partial charge in [0.1, 0.15) is 13.2 Å². The zero-order valence-corrected chi connectivity index (χ0v) is 50.9. The lowest BCUT2D eigenvalue weighted by Crippen LogP contribution is -2.46. The van der Waals surface area contributed by atoms with Crippen LogP contribution in [0, 0.1) is 0 Å². The Bertz CT molecular complexity index is 1450. The predicted molar refractivity (Wildman–Crippen MR) is 325 cm³/mol.